The number of carbonyl (C=O) groups is 1. The molecule has 1 aliphatic carbocycles. The number of nitrogens with one attached hydrogen (secondary N) is 1. The van der Waals surface area contributed by atoms with E-state index in [1.807, 2.05) is 0 Å². The van der Waals surface area contributed by atoms with Crippen molar-refractivity contribution in [1.82, 2.24) is 9.97 Å². The summed E-state index contributed by atoms with van der Waals surface area (Å²) in [5.41, 5.74) is 1.12. The molecule has 32 heavy (non-hydrogen) atoms. The van der Waals surface area contributed by atoms with E-state index in [4.69, 9.17) is 16.7 Å². The lowest BCUT2D eigenvalue weighted by Crippen LogP contribution is -2.24. The maximum Gasteiger partial charge on any atom is 0.233 e. The van der Waals surface area contributed by atoms with E-state index in [1.54, 1.807) is 12.1 Å². The van der Waals surface area contributed by atoms with Crippen molar-refractivity contribution in [2.75, 3.05) is 18.2 Å². The quantitative estimate of drug-likeness (QED) is 0.592. The van der Waals surface area contributed by atoms with Gasteiger partial charge in [-0.25, -0.2) is 18.4 Å². The number of sulfone groups is 1. The number of halogens is 1. The zero-order valence-corrected chi connectivity index (χ0v) is 19.4. The van der Waals surface area contributed by atoms with Gasteiger partial charge in [0.15, 0.2) is 15.7 Å². The van der Waals surface area contributed by atoms with Crippen LogP contribution in [0.15, 0.2) is 35.5 Å². The average Bonchev–Trinajstić information content (AvgIpc) is 3.26. The van der Waals surface area contributed by atoms with E-state index in [9.17, 15) is 13.2 Å². The number of aliphatic hydroxyl groups is 1. The van der Waals surface area contributed by atoms with Crippen molar-refractivity contribution in [2.24, 2.45) is 5.92 Å². The lowest BCUT2D eigenvalue weighted by molar-refractivity contribution is -0.118. The predicted octanol–water partition coefficient (Wildman–Crippen LogP) is 3.57. The zero-order valence-electron chi connectivity index (χ0n) is 17.8. The van der Waals surface area contributed by atoms with Gasteiger partial charge in [-0.2, -0.15) is 0 Å². The average molecular weight is 476 g/mol. The van der Waals surface area contributed by atoms with Crippen LogP contribution in [0.3, 0.4) is 0 Å². The van der Waals surface area contributed by atoms with Crippen LogP contribution in [0, 0.1) is 17.8 Å². The minimum Gasteiger partial charge on any atom is -0.395 e. The molecule has 2 aromatic rings. The molecular formula is C23H26ClN3O4S. The standard InChI is InChI=1S/C23H26ClN3O4S/c1-32(30,31)21-10-9-17(13-20(21)24)19(12-16-6-2-3-7-16)23(29)27-22-15-25-18(14-26-22)8-4-5-11-28/h9-10,13-16,19,28H,2-3,5-7,11-12H2,1H3,(H,26,27,29). The van der Waals surface area contributed by atoms with Crippen LogP contribution in [0.4, 0.5) is 5.82 Å². The number of amides is 1. The van der Waals surface area contributed by atoms with Crippen LogP contribution in [-0.2, 0) is 14.6 Å². The third kappa shape index (κ3) is 6.52. The first kappa shape index (κ1) is 24.2. The predicted molar refractivity (Wildman–Crippen MR) is 123 cm³/mol. The molecule has 3 rings (SSSR count). The van der Waals surface area contributed by atoms with Gasteiger partial charge in [0.05, 0.1) is 34.8 Å². The highest BCUT2D eigenvalue weighted by molar-refractivity contribution is 7.90. The number of benzene rings is 1. The minimum atomic E-state index is -3.46. The van der Waals surface area contributed by atoms with Crippen LogP contribution in [0.5, 0.6) is 0 Å². The summed E-state index contributed by atoms with van der Waals surface area (Å²) < 4.78 is 23.8. The van der Waals surface area contributed by atoms with Crippen molar-refractivity contribution in [3.05, 3.63) is 46.9 Å². The van der Waals surface area contributed by atoms with Gasteiger partial charge in [-0.1, -0.05) is 49.3 Å². The van der Waals surface area contributed by atoms with Crippen molar-refractivity contribution in [3.8, 4) is 11.8 Å². The number of nitrogens with zero attached hydrogens (tertiary/aromatic N) is 2. The molecule has 7 nitrogen and oxygen atoms in total. The number of anilines is 1. The van der Waals surface area contributed by atoms with Gasteiger partial charge in [0.1, 0.15) is 5.69 Å². The molecular weight excluding hydrogens is 450 g/mol. The number of aromatic nitrogens is 2. The highest BCUT2D eigenvalue weighted by Gasteiger charge is 2.28. The number of rotatable bonds is 7. The van der Waals surface area contributed by atoms with Crippen molar-refractivity contribution < 1.29 is 18.3 Å². The topological polar surface area (TPSA) is 109 Å². The zero-order chi connectivity index (χ0) is 23.1. The molecule has 1 aromatic carbocycles. The maximum absolute atomic E-state index is 13.2. The van der Waals surface area contributed by atoms with E-state index >= 15 is 0 Å². The van der Waals surface area contributed by atoms with E-state index in [2.05, 4.69) is 27.1 Å². The molecule has 1 saturated carbocycles. The number of hydrogen-bond acceptors (Lipinski definition) is 6. The number of aliphatic hydroxyl groups excluding tert-OH is 1. The van der Waals surface area contributed by atoms with Gasteiger partial charge in [0.25, 0.3) is 0 Å². The summed E-state index contributed by atoms with van der Waals surface area (Å²) in [7, 11) is -3.46. The Morgan fingerprint density at radius 3 is 2.62 bits per heavy atom. The molecule has 1 aliphatic rings. The second kappa shape index (κ2) is 10.9. The van der Waals surface area contributed by atoms with E-state index < -0.39 is 15.8 Å². The van der Waals surface area contributed by atoms with Gasteiger partial charge in [-0.05, 0) is 36.0 Å². The molecule has 1 amide bonds. The van der Waals surface area contributed by atoms with Gasteiger partial charge < -0.3 is 10.4 Å². The molecule has 1 atom stereocenters. The Morgan fingerprint density at radius 1 is 1.28 bits per heavy atom. The highest BCUT2D eigenvalue weighted by atomic mass is 35.5. The van der Waals surface area contributed by atoms with Crippen molar-refractivity contribution in [2.45, 2.75) is 49.3 Å². The second-order valence-electron chi connectivity index (χ2n) is 7.95. The van der Waals surface area contributed by atoms with E-state index in [0.29, 0.717) is 35.8 Å². The Balaban J connectivity index is 1.81. The third-order valence-electron chi connectivity index (χ3n) is 5.47. The Morgan fingerprint density at radius 2 is 2.03 bits per heavy atom. The summed E-state index contributed by atoms with van der Waals surface area (Å²) in [6.45, 7) is -0.0217. The summed E-state index contributed by atoms with van der Waals surface area (Å²) in [6, 6.07) is 4.69. The molecule has 170 valence electrons. The Labute approximate surface area is 193 Å². The molecule has 9 heteroatoms. The normalized spacial score (nSPS) is 15.1. The fourth-order valence-electron chi connectivity index (χ4n) is 3.89. The first-order valence-electron chi connectivity index (χ1n) is 10.5. The molecule has 1 unspecified atom stereocenters. The minimum absolute atomic E-state index is 0.0217. The number of hydrogen-bond donors (Lipinski definition) is 2. The van der Waals surface area contributed by atoms with Crippen LogP contribution >= 0.6 is 11.6 Å². The molecule has 0 bridgehead atoms. The molecule has 1 fully saturated rings. The van der Waals surface area contributed by atoms with Crippen LogP contribution in [-0.4, -0.2) is 42.3 Å². The lowest BCUT2D eigenvalue weighted by Gasteiger charge is -2.21. The fourth-order valence-corrected chi connectivity index (χ4v) is 5.23. The maximum atomic E-state index is 13.2. The molecule has 0 radical (unpaired) electrons. The van der Waals surface area contributed by atoms with Crippen LogP contribution < -0.4 is 5.32 Å². The van der Waals surface area contributed by atoms with Gasteiger partial charge in [0, 0.05) is 12.7 Å². The third-order valence-corrected chi connectivity index (χ3v) is 7.05. The summed E-state index contributed by atoms with van der Waals surface area (Å²) >= 11 is 6.25. The highest BCUT2D eigenvalue weighted by Crippen LogP contribution is 2.36. The van der Waals surface area contributed by atoms with Gasteiger partial charge in [-0.15, -0.1) is 0 Å². The first-order valence-corrected chi connectivity index (χ1v) is 12.8. The molecule has 1 aromatic heterocycles. The Kier molecular flexibility index (Phi) is 8.24. The molecule has 1 heterocycles. The van der Waals surface area contributed by atoms with E-state index in [1.165, 1.54) is 18.5 Å². The van der Waals surface area contributed by atoms with Crippen molar-refractivity contribution in [1.29, 1.82) is 0 Å². The van der Waals surface area contributed by atoms with E-state index in [0.717, 1.165) is 31.9 Å². The molecule has 0 aliphatic heterocycles. The van der Waals surface area contributed by atoms with Crippen LogP contribution in [0.1, 0.15) is 55.7 Å². The monoisotopic (exact) mass is 475 g/mol. The summed E-state index contributed by atoms with van der Waals surface area (Å²) in [5.74, 6) is 5.55. The molecule has 0 saturated heterocycles. The summed E-state index contributed by atoms with van der Waals surface area (Å²) in [5, 5.41) is 11.7. The summed E-state index contributed by atoms with van der Waals surface area (Å²) in [4.78, 5) is 21.6. The Hall–Kier alpha value is -2.47. The van der Waals surface area contributed by atoms with Gasteiger partial charge >= 0.3 is 0 Å². The first-order chi connectivity index (χ1) is 15.3. The SMILES string of the molecule is CS(=O)(=O)c1ccc(C(CC2CCCC2)C(=O)Nc2cnc(C#CCCO)cn2)cc1Cl. The van der Waals surface area contributed by atoms with Crippen molar-refractivity contribution in [3.63, 3.8) is 0 Å². The van der Waals surface area contributed by atoms with Crippen molar-refractivity contribution >= 4 is 33.2 Å². The smallest absolute Gasteiger partial charge is 0.233 e. The Bertz CT molecular complexity index is 1120. The summed E-state index contributed by atoms with van der Waals surface area (Å²) in [6.07, 6.45) is 9.44. The van der Waals surface area contributed by atoms with E-state index in [-0.39, 0.29) is 22.4 Å². The fraction of sp³-hybridized carbons (Fsp3) is 0.435. The lowest BCUT2D eigenvalue weighted by atomic mass is 9.87. The second-order valence-corrected chi connectivity index (χ2v) is 10.3. The number of carbonyl (C=O) groups excluding carboxylic acids is 1. The van der Waals surface area contributed by atoms with Crippen LogP contribution in [0.2, 0.25) is 5.02 Å². The molecule has 2 N–H and O–H groups in total. The molecule has 0 spiro atoms. The van der Waals surface area contributed by atoms with Gasteiger partial charge in [0.2, 0.25) is 5.91 Å². The largest absolute Gasteiger partial charge is 0.395 e. The van der Waals surface area contributed by atoms with Crippen LogP contribution in [0.25, 0.3) is 0 Å². The van der Waals surface area contributed by atoms with Gasteiger partial charge in [-0.3, -0.25) is 4.79 Å².